The van der Waals surface area contributed by atoms with E-state index >= 15 is 0 Å². The second-order valence-corrected chi connectivity index (χ2v) is 6.01. The monoisotopic (exact) mass is 351 g/mol. The third-order valence-electron chi connectivity index (χ3n) is 3.47. The van der Waals surface area contributed by atoms with Crippen molar-refractivity contribution < 1.29 is 0 Å². The lowest BCUT2D eigenvalue weighted by Crippen LogP contribution is -1.84. The molecule has 1 nitrogen and oxygen atoms in total. The maximum atomic E-state index is 6.16. The van der Waals surface area contributed by atoms with Crippen LogP contribution in [0.25, 0.3) is 24.3 Å². The van der Waals surface area contributed by atoms with Gasteiger partial charge in [-0.25, -0.2) is 4.98 Å². The number of pyridine rings is 1. The molecule has 3 heteroatoms. The molecule has 0 N–H and O–H groups in total. The molecule has 118 valence electrons. The lowest BCUT2D eigenvalue weighted by molar-refractivity contribution is 1.27. The normalized spacial score (nSPS) is 11.4. The molecular formula is C21H15Cl2N. The van der Waals surface area contributed by atoms with Gasteiger partial charge in [0.25, 0.3) is 0 Å². The van der Waals surface area contributed by atoms with Crippen LogP contribution >= 0.6 is 23.2 Å². The summed E-state index contributed by atoms with van der Waals surface area (Å²) in [6, 6.07) is 21.3. The molecule has 3 rings (SSSR count). The molecular weight excluding hydrogens is 337 g/mol. The summed E-state index contributed by atoms with van der Waals surface area (Å²) in [6.45, 7) is 0. The van der Waals surface area contributed by atoms with Gasteiger partial charge in [-0.3, -0.25) is 0 Å². The highest BCUT2D eigenvalue weighted by molar-refractivity contribution is 6.32. The molecule has 0 radical (unpaired) electrons. The second-order valence-electron chi connectivity index (χ2n) is 5.20. The highest BCUT2D eigenvalue weighted by atomic mass is 35.5. The number of halogens is 2. The molecule has 1 heterocycles. The first-order valence-corrected chi connectivity index (χ1v) is 8.30. The minimum atomic E-state index is 0.725. The van der Waals surface area contributed by atoms with Crippen molar-refractivity contribution in [3.05, 3.63) is 99.3 Å². The molecule has 0 spiro atoms. The summed E-state index contributed by atoms with van der Waals surface area (Å²) in [4.78, 5) is 4.60. The molecule has 0 bridgehead atoms. The van der Waals surface area contributed by atoms with Crippen LogP contribution in [-0.4, -0.2) is 4.98 Å². The molecule has 0 aliphatic carbocycles. The highest BCUT2D eigenvalue weighted by Crippen LogP contribution is 2.19. The van der Waals surface area contributed by atoms with Crippen LogP contribution in [-0.2, 0) is 0 Å². The third-order valence-corrected chi connectivity index (χ3v) is 4.16. The smallest absolute Gasteiger partial charge is 0.0637 e. The van der Waals surface area contributed by atoms with Gasteiger partial charge in [0.15, 0.2) is 0 Å². The van der Waals surface area contributed by atoms with Gasteiger partial charge in [-0.1, -0.05) is 77.8 Å². The predicted molar refractivity (Wildman–Crippen MR) is 105 cm³/mol. The maximum Gasteiger partial charge on any atom is 0.0637 e. The summed E-state index contributed by atoms with van der Waals surface area (Å²) in [7, 11) is 0. The summed E-state index contributed by atoms with van der Waals surface area (Å²) in [5, 5.41) is 1.45. The van der Waals surface area contributed by atoms with Gasteiger partial charge in [-0.05, 0) is 47.5 Å². The SMILES string of the molecule is Clc1ccccc1/C=C/c1cccc(/C=C/c2ccccc2Cl)n1. The number of hydrogen-bond donors (Lipinski definition) is 0. The number of hydrogen-bond acceptors (Lipinski definition) is 1. The minimum Gasteiger partial charge on any atom is -0.249 e. The second kappa shape index (κ2) is 7.96. The van der Waals surface area contributed by atoms with Crippen molar-refractivity contribution >= 4 is 47.5 Å². The van der Waals surface area contributed by atoms with Gasteiger partial charge in [-0.2, -0.15) is 0 Å². The molecule has 0 unspecified atom stereocenters. The zero-order valence-electron chi connectivity index (χ0n) is 12.9. The van der Waals surface area contributed by atoms with E-state index in [2.05, 4.69) is 4.98 Å². The van der Waals surface area contributed by atoms with Crippen molar-refractivity contribution in [3.8, 4) is 0 Å². The fourth-order valence-corrected chi connectivity index (χ4v) is 2.62. The van der Waals surface area contributed by atoms with E-state index in [9.17, 15) is 0 Å². The molecule has 24 heavy (non-hydrogen) atoms. The van der Waals surface area contributed by atoms with Crippen LogP contribution in [0.15, 0.2) is 66.7 Å². The molecule has 0 atom stereocenters. The van der Waals surface area contributed by atoms with E-state index in [-0.39, 0.29) is 0 Å². The summed E-state index contributed by atoms with van der Waals surface area (Å²) < 4.78 is 0. The summed E-state index contributed by atoms with van der Waals surface area (Å²) in [5.41, 5.74) is 3.68. The lowest BCUT2D eigenvalue weighted by atomic mass is 10.1. The molecule has 3 aromatic rings. The fraction of sp³-hybridized carbons (Fsp3) is 0. The molecule has 0 saturated carbocycles. The predicted octanol–water partition coefficient (Wildman–Crippen LogP) is 6.73. The van der Waals surface area contributed by atoms with Crippen LogP contribution in [0.2, 0.25) is 10.0 Å². The van der Waals surface area contributed by atoms with Gasteiger partial charge in [0, 0.05) is 10.0 Å². The van der Waals surface area contributed by atoms with Crippen molar-refractivity contribution in [2.75, 3.05) is 0 Å². The molecule has 0 fully saturated rings. The summed E-state index contributed by atoms with van der Waals surface area (Å²) >= 11 is 12.3. The van der Waals surface area contributed by atoms with Gasteiger partial charge < -0.3 is 0 Å². The Bertz CT molecular complexity index is 827. The Hall–Kier alpha value is -2.35. The first-order chi connectivity index (χ1) is 11.7. The van der Waals surface area contributed by atoms with E-state index < -0.39 is 0 Å². The van der Waals surface area contributed by atoms with Crippen molar-refractivity contribution in [3.63, 3.8) is 0 Å². The highest BCUT2D eigenvalue weighted by Gasteiger charge is 1.97. The minimum absolute atomic E-state index is 0.725. The van der Waals surface area contributed by atoms with Crippen LogP contribution < -0.4 is 0 Å². The van der Waals surface area contributed by atoms with Crippen LogP contribution in [0.4, 0.5) is 0 Å². The Morgan fingerprint density at radius 3 is 1.46 bits per heavy atom. The first kappa shape index (κ1) is 16.5. The Kier molecular flexibility index (Phi) is 5.47. The van der Waals surface area contributed by atoms with Gasteiger partial charge >= 0.3 is 0 Å². The Labute approximate surface area is 151 Å². The van der Waals surface area contributed by atoms with Gasteiger partial charge in [-0.15, -0.1) is 0 Å². The Balaban J connectivity index is 1.80. The van der Waals surface area contributed by atoms with Gasteiger partial charge in [0.05, 0.1) is 11.4 Å². The van der Waals surface area contributed by atoms with E-state index in [1.807, 2.05) is 91.0 Å². The molecule has 1 aromatic heterocycles. The quantitative estimate of drug-likeness (QED) is 0.507. The van der Waals surface area contributed by atoms with E-state index in [0.717, 1.165) is 32.6 Å². The number of benzene rings is 2. The maximum absolute atomic E-state index is 6.16. The van der Waals surface area contributed by atoms with E-state index in [4.69, 9.17) is 23.2 Å². The number of rotatable bonds is 4. The average Bonchev–Trinajstić information content (AvgIpc) is 2.61. The fourth-order valence-electron chi connectivity index (χ4n) is 2.23. The molecule has 2 aromatic carbocycles. The van der Waals surface area contributed by atoms with Crippen molar-refractivity contribution in [1.29, 1.82) is 0 Å². The third kappa shape index (κ3) is 4.35. The average molecular weight is 352 g/mol. The standard InChI is InChI=1S/C21H15Cl2N/c22-20-10-3-1-6-16(20)12-14-18-8-5-9-19(24-18)15-13-17-7-2-4-11-21(17)23/h1-15H/b14-12+,15-13+. The molecule has 0 amide bonds. The first-order valence-electron chi connectivity index (χ1n) is 7.55. The lowest BCUT2D eigenvalue weighted by Gasteiger charge is -1.99. The molecule has 0 aliphatic heterocycles. The number of aromatic nitrogens is 1. The molecule has 0 aliphatic rings. The topological polar surface area (TPSA) is 12.9 Å². The van der Waals surface area contributed by atoms with Crippen LogP contribution in [0.5, 0.6) is 0 Å². The van der Waals surface area contributed by atoms with E-state index in [1.165, 1.54) is 0 Å². The summed E-state index contributed by atoms with van der Waals surface area (Å²) in [6.07, 6.45) is 7.83. The van der Waals surface area contributed by atoms with Crippen LogP contribution in [0, 0.1) is 0 Å². The van der Waals surface area contributed by atoms with Gasteiger partial charge in [0.2, 0.25) is 0 Å². The van der Waals surface area contributed by atoms with E-state index in [0.29, 0.717) is 0 Å². The summed E-state index contributed by atoms with van der Waals surface area (Å²) in [5.74, 6) is 0. The van der Waals surface area contributed by atoms with Crippen LogP contribution in [0.3, 0.4) is 0 Å². The Morgan fingerprint density at radius 1 is 0.542 bits per heavy atom. The zero-order valence-corrected chi connectivity index (χ0v) is 14.4. The van der Waals surface area contributed by atoms with E-state index in [1.54, 1.807) is 0 Å². The zero-order chi connectivity index (χ0) is 16.8. The molecule has 0 saturated heterocycles. The Morgan fingerprint density at radius 2 is 1.00 bits per heavy atom. The number of nitrogens with zero attached hydrogens (tertiary/aromatic N) is 1. The van der Waals surface area contributed by atoms with Crippen molar-refractivity contribution in [2.24, 2.45) is 0 Å². The van der Waals surface area contributed by atoms with Gasteiger partial charge in [0.1, 0.15) is 0 Å². The van der Waals surface area contributed by atoms with Crippen LogP contribution in [0.1, 0.15) is 22.5 Å². The largest absolute Gasteiger partial charge is 0.249 e. The van der Waals surface area contributed by atoms with Crippen molar-refractivity contribution in [2.45, 2.75) is 0 Å². The van der Waals surface area contributed by atoms with Crippen molar-refractivity contribution in [1.82, 2.24) is 4.98 Å².